The standard InChI is InChI=1S/C8H15N3O5/c1-16-3-2-11(5-7(13)14)4-6(12)10-8(9)15/h2-5H2,1H3,(H,13,14)(H3,9,10,12,15). The van der Waals surface area contributed by atoms with Crippen LogP contribution in [0.15, 0.2) is 0 Å². The summed E-state index contributed by atoms with van der Waals surface area (Å²) >= 11 is 0. The van der Waals surface area contributed by atoms with E-state index < -0.39 is 17.9 Å². The number of amides is 3. The Morgan fingerprint density at radius 1 is 1.38 bits per heavy atom. The zero-order valence-electron chi connectivity index (χ0n) is 8.93. The average Bonchev–Trinajstić information content (AvgIpc) is 2.11. The van der Waals surface area contributed by atoms with Crippen LogP contribution in [0.4, 0.5) is 4.79 Å². The largest absolute Gasteiger partial charge is 0.480 e. The number of rotatable bonds is 7. The Balaban J connectivity index is 4.12. The van der Waals surface area contributed by atoms with Crippen LogP contribution in [0.5, 0.6) is 0 Å². The molecule has 0 aromatic heterocycles. The molecule has 0 aliphatic heterocycles. The van der Waals surface area contributed by atoms with Gasteiger partial charge in [0.05, 0.1) is 19.7 Å². The fourth-order valence-electron chi connectivity index (χ4n) is 1.01. The summed E-state index contributed by atoms with van der Waals surface area (Å²) in [6.07, 6.45) is 0. The van der Waals surface area contributed by atoms with Crippen molar-refractivity contribution >= 4 is 17.9 Å². The number of nitrogens with zero attached hydrogens (tertiary/aromatic N) is 1. The Labute approximate surface area is 92.3 Å². The SMILES string of the molecule is COCCN(CC(=O)O)CC(=O)NC(N)=O. The van der Waals surface area contributed by atoms with Gasteiger partial charge in [0.1, 0.15) is 0 Å². The number of nitrogens with two attached hydrogens (primary N) is 1. The summed E-state index contributed by atoms with van der Waals surface area (Å²) in [6.45, 7) is 0.0280. The number of carboxylic acid groups (broad SMARTS) is 1. The maximum atomic E-state index is 11.1. The number of carbonyl (C=O) groups is 3. The maximum absolute atomic E-state index is 11.1. The normalized spacial score (nSPS) is 10.1. The Bertz CT molecular complexity index is 268. The first-order valence-corrected chi connectivity index (χ1v) is 4.48. The molecule has 0 saturated carbocycles. The van der Waals surface area contributed by atoms with Gasteiger partial charge in [-0.15, -0.1) is 0 Å². The van der Waals surface area contributed by atoms with E-state index in [0.717, 1.165) is 0 Å². The van der Waals surface area contributed by atoms with E-state index in [-0.39, 0.29) is 26.2 Å². The predicted molar refractivity (Wildman–Crippen MR) is 53.7 cm³/mol. The fraction of sp³-hybridized carbons (Fsp3) is 0.625. The molecule has 92 valence electrons. The minimum atomic E-state index is -1.07. The van der Waals surface area contributed by atoms with E-state index in [1.54, 1.807) is 0 Å². The maximum Gasteiger partial charge on any atom is 0.318 e. The third-order valence-corrected chi connectivity index (χ3v) is 1.60. The molecule has 0 aliphatic carbocycles. The third kappa shape index (κ3) is 7.71. The highest BCUT2D eigenvalue weighted by molar-refractivity contribution is 5.94. The number of primary amides is 1. The topological polar surface area (TPSA) is 122 Å². The molecule has 0 unspecified atom stereocenters. The number of hydrogen-bond donors (Lipinski definition) is 3. The van der Waals surface area contributed by atoms with Gasteiger partial charge in [0.15, 0.2) is 0 Å². The highest BCUT2D eigenvalue weighted by Gasteiger charge is 2.14. The van der Waals surface area contributed by atoms with Crippen LogP contribution in [-0.2, 0) is 14.3 Å². The van der Waals surface area contributed by atoms with Gasteiger partial charge in [0, 0.05) is 13.7 Å². The molecule has 0 rings (SSSR count). The molecular formula is C8H15N3O5. The molecule has 0 aromatic carbocycles. The van der Waals surface area contributed by atoms with Crippen LogP contribution in [0, 0.1) is 0 Å². The van der Waals surface area contributed by atoms with Crippen LogP contribution in [0.3, 0.4) is 0 Å². The van der Waals surface area contributed by atoms with Crippen molar-refractivity contribution in [2.45, 2.75) is 0 Å². The van der Waals surface area contributed by atoms with Crippen molar-refractivity contribution in [1.29, 1.82) is 0 Å². The molecule has 0 aliphatic rings. The summed E-state index contributed by atoms with van der Waals surface area (Å²) in [7, 11) is 1.46. The summed E-state index contributed by atoms with van der Waals surface area (Å²) in [5.74, 6) is -1.71. The Morgan fingerprint density at radius 3 is 2.44 bits per heavy atom. The van der Waals surface area contributed by atoms with E-state index in [4.69, 9.17) is 15.6 Å². The lowest BCUT2D eigenvalue weighted by Gasteiger charge is -2.18. The van der Waals surface area contributed by atoms with E-state index in [2.05, 4.69) is 0 Å². The first-order valence-electron chi connectivity index (χ1n) is 4.48. The number of hydrogen-bond acceptors (Lipinski definition) is 5. The number of aliphatic carboxylic acids is 1. The second-order valence-electron chi connectivity index (χ2n) is 3.01. The molecular weight excluding hydrogens is 218 g/mol. The molecule has 3 amide bonds. The van der Waals surface area contributed by atoms with Gasteiger partial charge in [-0.25, -0.2) is 4.79 Å². The van der Waals surface area contributed by atoms with E-state index in [0.29, 0.717) is 0 Å². The third-order valence-electron chi connectivity index (χ3n) is 1.60. The van der Waals surface area contributed by atoms with E-state index in [1.165, 1.54) is 12.0 Å². The molecule has 0 atom stereocenters. The molecule has 8 heteroatoms. The zero-order valence-corrected chi connectivity index (χ0v) is 8.93. The summed E-state index contributed by atoms with van der Waals surface area (Å²) in [5.41, 5.74) is 4.74. The second-order valence-corrected chi connectivity index (χ2v) is 3.01. The zero-order chi connectivity index (χ0) is 12.6. The second kappa shape index (κ2) is 7.60. The summed E-state index contributed by atoms with van der Waals surface area (Å²) in [5, 5.41) is 10.4. The molecule has 0 radical (unpaired) electrons. The molecule has 0 fully saturated rings. The van der Waals surface area contributed by atoms with Crippen molar-refractivity contribution in [1.82, 2.24) is 10.2 Å². The van der Waals surface area contributed by atoms with E-state index in [9.17, 15) is 14.4 Å². The van der Waals surface area contributed by atoms with Crippen LogP contribution in [0.1, 0.15) is 0 Å². The highest BCUT2D eigenvalue weighted by atomic mass is 16.5. The number of methoxy groups -OCH3 is 1. The summed E-state index contributed by atoms with van der Waals surface area (Å²) < 4.78 is 4.76. The number of ether oxygens (including phenoxy) is 1. The molecule has 0 saturated heterocycles. The van der Waals surface area contributed by atoms with Gasteiger partial charge in [-0.2, -0.15) is 0 Å². The molecule has 16 heavy (non-hydrogen) atoms. The molecule has 0 bridgehead atoms. The summed E-state index contributed by atoms with van der Waals surface area (Å²) in [6, 6.07) is -0.966. The lowest BCUT2D eigenvalue weighted by atomic mass is 10.4. The van der Waals surface area contributed by atoms with Crippen molar-refractivity contribution in [3.05, 3.63) is 0 Å². The number of carbonyl (C=O) groups excluding carboxylic acids is 2. The minimum absolute atomic E-state index is 0.224. The fourth-order valence-corrected chi connectivity index (χ4v) is 1.01. The van der Waals surface area contributed by atoms with Gasteiger partial charge < -0.3 is 15.6 Å². The van der Waals surface area contributed by atoms with Gasteiger partial charge in [-0.05, 0) is 0 Å². The van der Waals surface area contributed by atoms with Crippen molar-refractivity contribution in [3.63, 3.8) is 0 Å². The van der Waals surface area contributed by atoms with Crippen molar-refractivity contribution in [2.75, 3.05) is 33.4 Å². The van der Waals surface area contributed by atoms with Crippen molar-refractivity contribution in [3.8, 4) is 0 Å². The monoisotopic (exact) mass is 233 g/mol. The Hall–Kier alpha value is -1.67. The van der Waals surface area contributed by atoms with Crippen LogP contribution >= 0.6 is 0 Å². The van der Waals surface area contributed by atoms with Crippen LogP contribution < -0.4 is 11.1 Å². The first-order chi connectivity index (χ1) is 7.45. The lowest BCUT2D eigenvalue weighted by Crippen LogP contribution is -2.44. The van der Waals surface area contributed by atoms with Gasteiger partial charge in [-0.3, -0.25) is 19.8 Å². The number of urea groups is 1. The molecule has 8 nitrogen and oxygen atoms in total. The highest BCUT2D eigenvalue weighted by Crippen LogP contribution is 1.88. The van der Waals surface area contributed by atoms with Crippen LogP contribution in [0.25, 0.3) is 0 Å². The quantitative estimate of drug-likeness (QED) is 0.477. The minimum Gasteiger partial charge on any atom is -0.480 e. The van der Waals surface area contributed by atoms with Crippen molar-refractivity contribution < 1.29 is 24.2 Å². The molecule has 0 aromatic rings. The average molecular weight is 233 g/mol. The lowest BCUT2D eigenvalue weighted by molar-refractivity contribution is -0.138. The van der Waals surface area contributed by atoms with Crippen molar-refractivity contribution in [2.24, 2.45) is 5.73 Å². The molecule has 0 heterocycles. The van der Waals surface area contributed by atoms with Gasteiger partial charge >= 0.3 is 12.0 Å². The van der Waals surface area contributed by atoms with E-state index >= 15 is 0 Å². The van der Waals surface area contributed by atoms with Crippen LogP contribution in [0.2, 0.25) is 0 Å². The van der Waals surface area contributed by atoms with Crippen LogP contribution in [-0.4, -0.2) is 61.3 Å². The van der Waals surface area contributed by atoms with E-state index in [1.807, 2.05) is 5.32 Å². The summed E-state index contributed by atoms with van der Waals surface area (Å²) in [4.78, 5) is 33.3. The number of nitrogens with one attached hydrogen (secondary N) is 1. The van der Waals surface area contributed by atoms with Gasteiger partial charge in [0.2, 0.25) is 5.91 Å². The molecule has 4 N–H and O–H groups in total. The smallest absolute Gasteiger partial charge is 0.318 e. The van der Waals surface area contributed by atoms with Gasteiger partial charge in [0.25, 0.3) is 0 Å². The first kappa shape index (κ1) is 14.3. The van der Waals surface area contributed by atoms with Gasteiger partial charge in [-0.1, -0.05) is 0 Å². The Kier molecular flexibility index (Phi) is 6.81. The Morgan fingerprint density at radius 2 is 2.00 bits per heavy atom. The number of carboxylic acids is 1. The number of imide groups is 1. The molecule has 0 spiro atoms. The predicted octanol–water partition coefficient (Wildman–Crippen LogP) is -1.79.